The summed E-state index contributed by atoms with van der Waals surface area (Å²) in [4.78, 5) is 28.7. The highest BCUT2D eigenvalue weighted by Gasteiger charge is 2.50. The van der Waals surface area contributed by atoms with Gasteiger partial charge in [-0.3, -0.25) is 4.79 Å². The lowest BCUT2D eigenvalue weighted by Crippen LogP contribution is -2.40. The van der Waals surface area contributed by atoms with Crippen LogP contribution in [0.2, 0.25) is 0 Å². The number of amides is 2. The summed E-state index contributed by atoms with van der Waals surface area (Å²) in [5.74, 6) is -0.169. The molecule has 1 spiro atoms. The molecular weight excluding hydrogens is 328 g/mol. The van der Waals surface area contributed by atoms with Gasteiger partial charge in [-0.25, -0.2) is 4.79 Å². The standard InChI is InChI=1S/C21H20N2O3/c1-22-12-21(26-20(22)25)10-11-23(13-21)19(24)18-16-8-4-2-6-14(16)15-7-3-5-9-17(15)18/h2-9,18H,10-13H2,1H3. The van der Waals surface area contributed by atoms with E-state index >= 15 is 0 Å². The fraction of sp³-hybridized carbons (Fsp3) is 0.333. The van der Waals surface area contributed by atoms with Gasteiger partial charge in [-0.05, 0) is 22.3 Å². The Morgan fingerprint density at radius 2 is 1.65 bits per heavy atom. The van der Waals surface area contributed by atoms with Crippen molar-refractivity contribution in [2.45, 2.75) is 17.9 Å². The molecule has 0 radical (unpaired) electrons. The van der Waals surface area contributed by atoms with E-state index in [1.54, 1.807) is 11.9 Å². The Morgan fingerprint density at radius 1 is 1.04 bits per heavy atom. The van der Waals surface area contributed by atoms with Crippen molar-refractivity contribution in [2.24, 2.45) is 0 Å². The third kappa shape index (κ3) is 2.09. The van der Waals surface area contributed by atoms with E-state index in [0.717, 1.165) is 22.3 Å². The molecule has 2 saturated heterocycles. The summed E-state index contributed by atoms with van der Waals surface area (Å²) in [6.45, 7) is 1.65. The van der Waals surface area contributed by atoms with Crippen LogP contribution >= 0.6 is 0 Å². The Hall–Kier alpha value is -2.82. The molecule has 1 atom stereocenters. The number of hydrogen-bond donors (Lipinski definition) is 0. The number of carbonyl (C=O) groups is 2. The van der Waals surface area contributed by atoms with Crippen LogP contribution in [0.5, 0.6) is 0 Å². The van der Waals surface area contributed by atoms with Crippen LogP contribution in [0, 0.1) is 0 Å². The molecule has 26 heavy (non-hydrogen) atoms. The second kappa shape index (κ2) is 5.34. The summed E-state index contributed by atoms with van der Waals surface area (Å²) in [5.41, 5.74) is 3.88. The lowest BCUT2D eigenvalue weighted by atomic mass is 9.95. The van der Waals surface area contributed by atoms with Crippen molar-refractivity contribution in [2.75, 3.05) is 26.7 Å². The Labute approximate surface area is 152 Å². The lowest BCUT2D eigenvalue weighted by Gasteiger charge is -2.24. The van der Waals surface area contributed by atoms with E-state index in [1.807, 2.05) is 41.3 Å². The van der Waals surface area contributed by atoms with Gasteiger partial charge in [-0.1, -0.05) is 48.5 Å². The van der Waals surface area contributed by atoms with Crippen LogP contribution in [0.1, 0.15) is 23.5 Å². The Kier molecular flexibility index (Phi) is 3.17. The molecule has 5 rings (SSSR count). The maximum absolute atomic E-state index is 13.4. The van der Waals surface area contributed by atoms with Crippen LogP contribution in [-0.2, 0) is 9.53 Å². The molecule has 2 aromatic carbocycles. The number of ether oxygens (including phenoxy) is 1. The van der Waals surface area contributed by atoms with Crippen molar-refractivity contribution in [3.63, 3.8) is 0 Å². The van der Waals surface area contributed by atoms with Crippen molar-refractivity contribution in [3.8, 4) is 11.1 Å². The minimum absolute atomic E-state index is 0.102. The molecule has 2 aliphatic heterocycles. The van der Waals surface area contributed by atoms with Crippen molar-refractivity contribution >= 4 is 12.0 Å². The zero-order valence-corrected chi connectivity index (χ0v) is 14.6. The van der Waals surface area contributed by atoms with Crippen LogP contribution in [-0.4, -0.2) is 54.1 Å². The Bertz CT molecular complexity index is 879. The fourth-order valence-electron chi connectivity index (χ4n) is 4.64. The third-order valence-electron chi connectivity index (χ3n) is 5.85. The molecule has 0 bridgehead atoms. The van der Waals surface area contributed by atoms with Crippen molar-refractivity contribution in [1.82, 2.24) is 9.80 Å². The van der Waals surface area contributed by atoms with Crippen molar-refractivity contribution < 1.29 is 14.3 Å². The van der Waals surface area contributed by atoms with E-state index in [1.165, 1.54) is 0 Å². The summed E-state index contributed by atoms with van der Waals surface area (Å²) in [6, 6.07) is 16.3. The van der Waals surface area contributed by atoms with Gasteiger partial charge < -0.3 is 14.5 Å². The summed E-state index contributed by atoms with van der Waals surface area (Å²) < 4.78 is 5.60. The molecule has 132 valence electrons. The number of likely N-dealkylation sites (tertiary alicyclic amines) is 1. The Balaban J connectivity index is 1.48. The molecule has 5 nitrogen and oxygen atoms in total. The molecule has 1 unspecified atom stereocenters. The SMILES string of the molecule is CN1CC2(CCN(C(=O)C3c4ccccc4-c4ccccc43)C2)OC1=O. The average Bonchev–Trinajstić information content (AvgIpc) is 3.29. The van der Waals surface area contributed by atoms with Crippen LogP contribution in [0.25, 0.3) is 11.1 Å². The van der Waals surface area contributed by atoms with E-state index in [-0.39, 0.29) is 17.9 Å². The topological polar surface area (TPSA) is 49.9 Å². The van der Waals surface area contributed by atoms with Gasteiger partial charge in [0.25, 0.3) is 0 Å². The zero-order valence-electron chi connectivity index (χ0n) is 14.6. The van der Waals surface area contributed by atoms with Gasteiger partial charge in [0.2, 0.25) is 5.91 Å². The second-order valence-electron chi connectivity index (χ2n) is 7.52. The van der Waals surface area contributed by atoms with Gasteiger partial charge in [0.05, 0.1) is 19.0 Å². The number of likely N-dealkylation sites (N-methyl/N-ethyl adjacent to an activating group) is 1. The van der Waals surface area contributed by atoms with Crippen LogP contribution in [0.4, 0.5) is 4.79 Å². The van der Waals surface area contributed by atoms with Gasteiger partial charge in [0.1, 0.15) is 0 Å². The predicted octanol–water partition coefficient (Wildman–Crippen LogP) is 2.85. The number of rotatable bonds is 1. The number of fused-ring (bicyclic) bond motifs is 3. The first-order chi connectivity index (χ1) is 12.6. The first-order valence-corrected chi connectivity index (χ1v) is 8.99. The minimum Gasteiger partial charge on any atom is -0.439 e. The summed E-state index contributed by atoms with van der Waals surface area (Å²) >= 11 is 0. The van der Waals surface area contributed by atoms with Gasteiger partial charge in [-0.2, -0.15) is 0 Å². The second-order valence-corrected chi connectivity index (χ2v) is 7.52. The van der Waals surface area contributed by atoms with E-state index in [9.17, 15) is 9.59 Å². The predicted molar refractivity (Wildman–Crippen MR) is 96.8 cm³/mol. The average molecular weight is 348 g/mol. The monoisotopic (exact) mass is 348 g/mol. The number of benzene rings is 2. The Morgan fingerprint density at radius 3 is 2.23 bits per heavy atom. The maximum Gasteiger partial charge on any atom is 0.410 e. The summed E-state index contributed by atoms with van der Waals surface area (Å²) in [7, 11) is 1.74. The highest BCUT2D eigenvalue weighted by Crippen LogP contribution is 2.46. The van der Waals surface area contributed by atoms with E-state index in [0.29, 0.717) is 26.1 Å². The molecule has 2 aromatic rings. The number of carbonyl (C=O) groups excluding carboxylic acids is 2. The molecule has 0 N–H and O–H groups in total. The first kappa shape index (κ1) is 15.4. The molecule has 0 aromatic heterocycles. The van der Waals surface area contributed by atoms with Crippen LogP contribution in [0.15, 0.2) is 48.5 Å². The molecule has 2 fully saturated rings. The van der Waals surface area contributed by atoms with Gasteiger partial charge >= 0.3 is 6.09 Å². The molecule has 2 heterocycles. The van der Waals surface area contributed by atoms with Crippen LogP contribution in [0.3, 0.4) is 0 Å². The van der Waals surface area contributed by atoms with Gasteiger partial charge in [-0.15, -0.1) is 0 Å². The van der Waals surface area contributed by atoms with E-state index in [4.69, 9.17) is 4.74 Å². The van der Waals surface area contributed by atoms with Crippen molar-refractivity contribution in [3.05, 3.63) is 59.7 Å². The van der Waals surface area contributed by atoms with E-state index in [2.05, 4.69) is 12.1 Å². The van der Waals surface area contributed by atoms with E-state index < -0.39 is 5.60 Å². The summed E-state index contributed by atoms with van der Waals surface area (Å²) in [6.07, 6.45) is 0.404. The highest BCUT2D eigenvalue weighted by molar-refractivity contribution is 5.96. The molecule has 2 amide bonds. The smallest absolute Gasteiger partial charge is 0.410 e. The quantitative estimate of drug-likeness (QED) is 0.796. The van der Waals surface area contributed by atoms with Crippen molar-refractivity contribution in [1.29, 1.82) is 0 Å². The van der Waals surface area contributed by atoms with Gasteiger partial charge in [0, 0.05) is 20.0 Å². The highest BCUT2D eigenvalue weighted by atomic mass is 16.6. The van der Waals surface area contributed by atoms with Crippen LogP contribution < -0.4 is 0 Å². The number of hydrogen-bond acceptors (Lipinski definition) is 3. The fourth-order valence-corrected chi connectivity index (χ4v) is 4.64. The molecular formula is C21H20N2O3. The molecule has 3 aliphatic rings. The molecule has 0 saturated carbocycles. The van der Waals surface area contributed by atoms with Gasteiger partial charge in [0.15, 0.2) is 5.60 Å². The molecule has 5 heteroatoms. The number of nitrogens with zero attached hydrogens (tertiary/aromatic N) is 2. The minimum atomic E-state index is -0.543. The molecule has 1 aliphatic carbocycles. The first-order valence-electron chi connectivity index (χ1n) is 8.99. The normalized spacial score (nSPS) is 24.1. The maximum atomic E-state index is 13.4. The lowest BCUT2D eigenvalue weighted by molar-refractivity contribution is -0.131. The largest absolute Gasteiger partial charge is 0.439 e. The summed E-state index contributed by atoms with van der Waals surface area (Å²) in [5, 5.41) is 0. The zero-order chi connectivity index (χ0) is 17.9. The third-order valence-corrected chi connectivity index (χ3v) is 5.85.